The molecule has 0 fully saturated rings. The van der Waals surface area contributed by atoms with Crippen LogP contribution in [0.1, 0.15) is 30.0 Å². The van der Waals surface area contributed by atoms with Gasteiger partial charge in [-0.2, -0.15) is 0 Å². The van der Waals surface area contributed by atoms with Gasteiger partial charge in [0.2, 0.25) is 0 Å². The van der Waals surface area contributed by atoms with E-state index in [1.165, 1.54) is 0 Å². The Balaban J connectivity index is 2.68. The molecule has 0 spiro atoms. The molecule has 96 valence electrons. The van der Waals surface area contributed by atoms with Gasteiger partial charge in [0.25, 0.3) is 0 Å². The zero-order chi connectivity index (χ0) is 13.3. The van der Waals surface area contributed by atoms with Gasteiger partial charge < -0.3 is 9.15 Å². The van der Waals surface area contributed by atoms with Gasteiger partial charge in [-0.1, -0.05) is 6.92 Å². The minimum atomic E-state index is -0.268. The van der Waals surface area contributed by atoms with Crippen molar-refractivity contribution in [1.82, 2.24) is 0 Å². The molecule has 0 saturated heterocycles. The highest BCUT2D eigenvalue weighted by Crippen LogP contribution is 2.29. The molecule has 0 bridgehead atoms. The van der Waals surface area contributed by atoms with Gasteiger partial charge in [-0.25, -0.2) is 4.79 Å². The van der Waals surface area contributed by atoms with E-state index >= 15 is 0 Å². The summed E-state index contributed by atoms with van der Waals surface area (Å²) in [7, 11) is 0. The molecule has 2 aromatic rings. The molecular formula is C15H18O3. The van der Waals surface area contributed by atoms with E-state index in [9.17, 15) is 4.79 Å². The number of aryl methyl sites for hydroxylation is 2. The molecule has 0 amide bonds. The fourth-order valence-corrected chi connectivity index (χ4v) is 1.99. The first-order chi connectivity index (χ1) is 8.56. The summed E-state index contributed by atoms with van der Waals surface area (Å²) in [4.78, 5) is 11.7. The van der Waals surface area contributed by atoms with Crippen molar-refractivity contribution >= 4 is 11.0 Å². The average molecular weight is 246 g/mol. The number of benzene rings is 1. The largest absolute Gasteiger partial charge is 0.493 e. The smallest absolute Gasteiger partial charge is 0.339 e. The SMILES string of the molecule is CCCOc1ccc2c(C)c(C)c(=O)oc2c1C. The van der Waals surface area contributed by atoms with Crippen molar-refractivity contribution in [3.63, 3.8) is 0 Å². The van der Waals surface area contributed by atoms with E-state index in [4.69, 9.17) is 9.15 Å². The zero-order valence-corrected chi connectivity index (χ0v) is 11.3. The van der Waals surface area contributed by atoms with Crippen LogP contribution in [0, 0.1) is 20.8 Å². The number of rotatable bonds is 3. The fourth-order valence-electron chi connectivity index (χ4n) is 1.99. The number of hydrogen-bond donors (Lipinski definition) is 0. The van der Waals surface area contributed by atoms with E-state index in [2.05, 4.69) is 6.92 Å². The lowest BCUT2D eigenvalue weighted by Crippen LogP contribution is -2.07. The molecule has 0 unspecified atom stereocenters. The van der Waals surface area contributed by atoms with Crippen LogP contribution in [0.15, 0.2) is 21.3 Å². The molecule has 0 aliphatic carbocycles. The third kappa shape index (κ3) is 2.01. The number of hydrogen-bond acceptors (Lipinski definition) is 3. The highest BCUT2D eigenvalue weighted by molar-refractivity contribution is 5.85. The molecule has 2 rings (SSSR count). The molecule has 0 aliphatic rings. The van der Waals surface area contributed by atoms with E-state index in [1.54, 1.807) is 6.92 Å². The summed E-state index contributed by atoms with van der Waals surface area (Å²) in [5, 5.41) is 0.980. The first-order valence-electron chi connectivity index (χ1n) is 6.22. The standard InChI is InChI=1S/C15H18O3/c1-5-8-17-13-7-6-12-9(2)10(3)15(16)18-14(12)11(13)4/h6-7H,5,8H2,1-4H3. The van der Waals surface area contributed by atoms with Crippen LogP contribution in [0.3, 0.4) is 0 Å². The van der Waals surface area contributed by atoms with Gasteiger partial charge in [0.1, 0.15) is 11.3 Å². The van der Waals surface area contributed by atoms with Gasteiger partial charge in [-0.05, 0) is 44.9 Å². The van der Waals surface area contributed by atoms with Crippen molar-refractivity contribution in [2.75, 3.05) is 6.61 Å². The number of ether oxygens (including phenoxy) is 1. The second-order valence-electron chi connectivity index (χ2n) is 4.55. The summed E-state index contributed by atoms with van der Waals surface area (Å²) >= 11 is 0. The Kier molecular flexibility index (Phi) is 3.41. The molecule has 0 atom stereocenters. The fraction of sp³-hybridized carbons (Fsp3) is 0.400. The molecular weight excluding hydrogens is 228 g/mol. The highest BCUT2D eigenvalue weighted by Gasteiger charge is 2.12. The topological polar surface area (TPSA) is 39.4 Å². The predicted octanol–water partition coefficient (Wildman–Crippen LogP) is 3.51. The molecule has 0 radical (unpaired) electrons. The molecule has 0 aliphatic heterocycles. The molecule has 3 nitrogen and oxygen atoms in total. The van der Waals surface area contributed by atoms with Crippen molar-refractivity contribution in [2.24, 2.45) is 0 Å². The third-order valence-electron chi connectivity index (χ3n) is 3.29. The van der Waals surface area contributed by atoms with E-state index in [1.807, 2.05) is 26.0 Å². The summed E-state index contributed by atoms with van der Waals surface area (Å²) in [6.45, 7) is 8.38. The molecule has 3 heteroatoms. The van der Waals surface area contributed by atoms with Gasteiger partial charge in [-0.15, -0.1) is 0 Å². The van der Waals surface area contributed by atoms with Crippen LogP contribution in [0.4, 0.5) is 0 Å². The van der Waals surface area contributed by atoms with Crippen molar-refractivity contribution in [1.29, 1.82) is 0 Å². The second kappa shape index (κ2) is 4.84. The molecule has 0 saturated carbocycles. The maximum absolute atomic E-state index is 11.7. The first kappa shape index (κ1) is 12.7. The summed E-state index contributed by atoms with van der Waals surface area (Å²) in [5.74, 6) is 0.788. The predicted molar refractivity (Wildman–Crippen MR) is 72.5 cm³/mol. The van der Waals surface area contributed by atoms with Crippen molar-refractivity contribution in [3.05, 3.63) is 39.2 Å². The quantitative estimate of drug-likeness (QED) is 0.778. The van der Waals surface area contributed by atoms with E-state index < -0.39 is 0 Å². The van der Waals surface area contributed by atoms with E-state index in [0.29, 0.717) is 17.8 Å². The Hall–Kier alpha value is -1.77. The molecule has 1 aromatic carbocycles. The zero-order valence-electron chi connectivity index (χ0n) is 11.3. The number of fused-ring (bicyclic) bond motifs is 1. The summed E-state index contributed by atoms with van der Waals surface area (Å²) in [6.07, 6.45) is 0.953. The second-order valence-corrected chi connectivity index (χ2v) is 4.55. The minimum absolute atomic E-state index is 0.268. The van der Waals surface area contributed by atoms with Crippen LogP contribution in [0.2, 0.25) is 0 Å². The lowest BCUT2D eigenvalue weighted by atomic mass is 10.0. The molecule has 18 heavy (non-hydrogen) atoms. The first-order valence-corrected chi connectivity index (χ1v) is 6.22. The van der Waals surface area contributed by atoms with Crippen molar-refractivity contribution in [2.45, 2.75) is 34.1 Å². The molecule has 1 aromatic heterocycles. The van der Waals surface area contributed by atoms with Gasteiger partial charge in [0.05, 0.1) is 6.61 Å². The summed E-state index contributed by atoms with van der Waals surface area (Å²) in [5.41, 5.74) is 2.91. The van der Waals surface area contributed by atoms with E-state index in [0.717, 1.165) is 28.7 Å². The Morgan fingerprint density at radius 1 is 1.11 bits per heavy atom. The van der Waals surface area contributed by atoms with Gasteiger partial charge >= 0.3 is 5.63 Å². The normalized spacial score (nSPS) is 10.9. The van der Waals surface area contributed by atoms with Gasteiger partial charge in [0.15, 0.2) is 0 Å². The summed E-state index contributed by atoms with van der Waals surface area (Å²) < 4.78 is 11.0. The van der Waals surface area contributed by atoms with E-state index in [-0.39, 0.29) is 5.63 Å². The lowest BCUT2D eigenvalue weighted by Gasteiger charge is -2.11. The van der Waals surface area contributed by atoms with Crippen molar-refractivity contribution in [3.8, 4) is 5.75 Å². The van der Waals surface area contributed by atoms with Crippen LogP contribution in [0.5, 0.6) is 5.75 Å². The maximum atomic E-state index is 11.7. The monoisotopic (exact) mass is 246 g/mol. The Bertz CT molecular complexity index is 638. The lowest BCUT2D eigenvalue weighted by molar-refractivity contribution is 0.315. The Morgan fingerprint density at radius 3 is 2.50 bits per heavy atom. The van der Waals surface area contributed by atoms with Crippen molar-refractivity contribution < 1.29 is 9.15 Å². The minimum Gasteiger partial charge on any atom is -0.493 e. The van der Waals surface area contributed by atoms with Crippen LogP contribution in [-0.4, -0.2) is 6.61 Å². The molecule has 0 N–H and O–H groups in total. The third-order valence-corrected chi connectivity index (χ3v) is 3.29. The van der Waals surface area contributed by atoms with Crippen LogP contribution in [-0.2, 0) is 0 Å². The Labute approximate surface area is 106 Å². The summed E-state index contributed by atoms with van der Waals surface area (Å²) in [6, 6.07) is 3.90. The maximum Gasteiger partial charge on any atom is 0.339 e. The van der Waals surface area contributed by atoms with Gasteiger partial charge in [-0.3, -0.25) is 0 Å². The Morgan fingerprint density at radius 2 is 1.83 bits per heavy atom. The van der Waals surface area contributed by atoms with Crippen LogP contribution >= 0.6 is 0 Å². The highest BCUT2D eigenvalue weighted by atomic mass is 16.5. The molecule has 1 heterocycles. The van der Waals surface area contributed by atoms with Gasteiger partial charge in [0, 0.05) is 16.5 Å². The van der Waals surface area contributed by atoms with Crippen LogP contribution in [0.25, 0.3) is 11.0 Å². The average Bonchev–Trinajstić information content (AvgIpc) is 2.36. The van der Waals surface area contributed by atoms with Crippen LogP contribution < -0.4 is 10.4 Å².